The minimum atomic E-state index is -0.928. The minimum Gasteiger partial charge on any atom is -0.465 e. The standard InChI is InChI=1S/C15H22N2O2/c1-3-8-17(15(18)19)11-13(10-16)9-14-7-5-4-6-12(14)2/h3-7,13H,1,8-11,16H2,2H3,(H,18,19)/t13-/m1/s1. The summed E-state index contributed by atoms with van der Waals surface area (Å²) in [6, 6.07) is 8.12. The molecule has 0 saturated heterocycles. The summed E-state index contributed by atoms with van der Waals surface area (Å²) in [7, 11) is 0. The molecule has 104 valence electrons. The summed E-state index contributed by atoms with van der Waals surface area (Å²) >= 11 is 0. The first-order valence-corrected chi connectivity index (χ1v) is 6.41. The Bertz CT molecular complexity index is 432. The zero-order chi connectivity index (χ0) is 14.3. The van der Waals surface area contributed by atoms with Gasteiger partial charge in [-0.2, -0.15) is 0 Å². The number of benzene rings is 1. The average Bonchev–Trinajstić information content (AvgIpc) is 2.39. The Kier molecular flexibility index (Phi) is 6.09. The van der Waals surface area contributed by atoms with Crippen LogP contribution in [0.4, 0.5) is 4.79 Å². The maximum atomic E-state index is 11.1. The summed E-state index contributed by atoms with van der Waals surface area (Å²) in [4.78, 5) is 12.4. The molecule has 19 heavy (non-hydrogen) atoms. The third kappa shape index (κ3) is 4.75. The van der Waals surface area contributed by atoms with E-state index in [-0.39, 0.29) is 5.92 Å². The second kappa shape index (κ2) is 7.59. The molecule has 0 saturated carbocycles. The number of nitrogens with two attached hydrogens (primary N) is 1. The lowest BCUT2D eigenvalue weighted by Crippen LogP contribution is -2.37. The monoisotopic (exact) mass is 262 g/mol. The normalized spacial score (nSPS) is 11.9. The van der Waals surface area contributed by atoms with Crippen LogP contribution < -0.4 is 5.73 Å². The molecule has 1 atom stereocenters. The van der Waals surface area contributed by atoms with Crippen LogP contribution in [0.3, 0.4) is 0 Å². The largest absolute Gasteiger partial charge is 0.465 e. The molecule has 1 rings (SSSR count). The van der Waals surface area contributed by atoms with Crippen molar-refractivity contribution in [2.75, 3.05) is 19.6 Å². The van der Waals surface area contributed by atoms with Crippen molar-refractivity contribution < 1.29 is 9.90 Å². The molecule has 3 N–H and O–H groups in total. The van der Waals surface area contributed by atoms with E-state index in [1.807, 2.05) is 12.1 Å². The zero-order valence-corrected chi connectivity index (χ0v) is 11.4. The quantitative estimate of drug-likeness (QED) is 0.741. The maximum absolute atomic E-state index is 11.1. The third-order valence-corrected chi connectivity index (χ3v) is 3.20. The predicted octanol–water partition coefficient (Wildman–Crippen LogP) is 2.28. The van der Waals surface area contributed by atoms with Crippen molar-refractivity contribution in [1.82, 2.24) is 4.90 Å². The van der Waals surface area contributed by atoms with Gasteiger partial charge in [0, 0.05) is 13.1 Å². The van der Waals surface area contributed by atoms with E-state index in [4.69, 9.17) is 10.8 Å². The van der Waals surface area contributed by atoms with Gasteiger partial charge in [0.25, 0.3) is 0 Å². The van der Waals surface area contributed by atoms with Gasteiger partial charge in [0.2, 0.25) is 0 Å². The lowest BCUT2D eigenvalue weighted by Gasteiger charge is -2.24. The molecule has 0 aliphatic carbocycles. The van der Waals surface area contributed by atoms with E-state index in [1.54, 1.807) is 6.08 Å². The molecular formula is C15H22N2O2. The summed E-state index contributed by atoms with van der Waals surface area (Å²) in [5.74, 6) is 0.122. The second-order valence-corrected chi connectivity index (χ2v) is 4.71. The molecule has 0 aliphatic heterocycles. The molecule has 0 heterocycles. The van der Waals surface area contributed by atoms with Crippen LogP contribution in [0.1, 0.15) is 11.1 Å². The Morgan fingerprint density at radius 1 is 1.53 bits per heavy atom. The van der Waals surface area contributed by atoms with E-state index in [0.717, 1.165) is 6.42 Å². The van der Waals surface area contributed by atoms with Gasteiger partial charge in [-0.15, -0.1) is 6.58 Å². The highest BCUT2D eigenvalue weighted by Gasteiger charge is 2.17. The van der Waals surface area contributed by atoms with Gasteiger partial charge >= 0.3 is 6.09 Å². The van der Waals surface area contributed by atoms with Crippen molar-refractivity contribution in [2.24, 2.45) is 11.7 Å². The summed E-state index contributed by atoms with van der Waals surface area (Å²) in [6.45, 7) is 6.87. The van der Waals surface area contributed by atoms with Crippen LogP contribution in [0.15, 0.2) is 36.9 Å². The Morgan fingerprint density at radius 2 is 2.21 bits per heavy atom. The number of hydrogen-bond donors (Lipinski definition) is 2. The predicted molar refractivity (Wildman–Crippen MR) is 77.2 cm³/mol. The number of aryl methyl sites for hydroxylation is 1. The Balaban J connectivity index is 2.70. The Labute approximate surface area is 114 Å². The SMILES string of the molecule is C=CCN(C[C@@H](CN)Cc1ccccc1C)C(=O)O. The molecule has 0 unspecified atom stereocenters. The van der Waals surface area contributed by atoms with Crippen molar-refractivity contribution in [3.05, 3.63) is 48.0 Å². The highest BCUT2D eigenvalue weighted by Crippen LogP contribution is 2.14. The van der Waals surface area contributed by atoms with Crippen LogP contribution in [-0.2, 0) is 6.42 Å². The fraction of sp³-hybridized carbons (Fsp3) is 0.400. The highest BCUT2D eigenvalue weighted by molar-refractivity contribution is 5.65. The van der Waals surface area contributed by atoms with Gasteiger partial charge in [-0.1, -0.05) is 30.3 Å². The van der Waals surface area contributed by atoms with Crippen LogP contribution in [0.25, 0.3) is 0 Å². The molecule has 1 amide bonds. The Hall–Kier alpha value is -1.81. The van der Waals surface area contributed by atoms with Gasteiger partial charge in [-0.3, -0.25) is 0 Å². The number of nitrogens with zero attached hydrogens (tertiary/aromatic N) is 1. The Morgan fingerprint density at radius 3 is 2.74 bits per heavy atom. The number of hydrogen-bond acceptors (Lipinski definition) is 2. The molecular weight excluding hydrogens is 240 g/mol. The number of rotatable bonds is 7. The van der Waals surface area contributed by atoms with Gasteiger partial charge in [0.05, 0.1) is 0 Å². The van der Waals surface area contributed by atoms with Gasteiger partial charge in [-0.25, -0.2) is 4.79 Å². The van der Waals surface area contributed by atoms with Crippen molar-refractivity contribution in [3.8, 4) is 0 Å². The molecule has 0 fully saturated rings. The first-order valence-electron chi connectivity index (χ1n) is 6.41. The maximum Gasteiger partial charge on any atom is 0.407 e. The first-order chi connectivity index (χ1) is 9.08. The summed E-state index contributed by atoms with van der Waals surface area (Å²) in [6.07, 6.45) is 1.46. The molecule has 0 aromatic heterocycles. The van der Waals surface area contributed by atoms with Crippen molar-refractivity contribution in [3.63, 3.8) is 0 Å². The van der Waals surface area contributed by atoms with E-state index in [1.165, 1.54) is 16.0 Å². The molecule has 0 bridgehead atoms. The lowest BCUT2D eigenvalue weighted by molar-refractivity contribution is 0.143. The van der Waals surface area contributed by atoms with Crippen molar-refractivity contribution in [2.45, 2.75) is 13.3 Å². The minimum absolute atomic E-state index is 0.122. The fourth-order valence-electron chi connectivity index (χ4n) is 2.07. The zero-order valence-electron chi connectivity index (χ0n) is 11.4. The molecule has 4 heteroatoms. The lowest BCUT2D eigenvalue weighted by atomic mass is 9.96. The number of amides is 1. The van der Waals surface area contributed by atoms with Gasteiger partial charge in [0.1, 0.15) is 0 Å². The first kappa shape index (κ1) is 15.2. The molecule has 1 aromatic rings. The van der Waals surface area contributed by atoms with E-state index >= 15 is 0 Å². The fourth-order valence-corrected chi connectivity index (χ4v) is 2.07. The molecule has 0 aliphatic rings. The average molecular weight is 262 g/mol. The van der Waals surface area contributed by atoms with Crippen LogP contribution >= 0.6 is 0 Å². The van der Waals surface area contributed by atoms with Gasteiger partial charge < -0.3 is 15.7 Å². The summed E-state index contributed by atoms with van der Waals surface area (Å²) in [5, 5.41) is 9.11. The second-order valence-electron chi connectivity index (χ2n) is 4.71. The van der Waals surface area contributed by atoms with Crippen molar-refractivity contribution in [1.29, 1.82) is 0 Å². The molecule has 4 nitrogen and oxygen atoms in total. The van der Waals surface area contributed by atoms with Crippen LogP contribution in [0, 0.1) is 12.8 Å². The van der Waals surface area contributed by atoms with E-state index in [2.05, 4.69) is 25.6 Å². The van der Waals surface area contributed by atoms with Gasteiger partial charge in [-0.05, 0) is 36.9 Å². The topological polar surface area (TPSA) is 66.6 Å². The molecule has 1 aromatic carbocycles. The van der Waals surface area contributed by atoms with Gasteiger partial charge in [0.15, 0.2) is 0 Å². The third-order valence-electron chi connectivity index (χ3n) is 3.20. The highest BCUT2D eigenvalue weighted by atomic mass is 16.4. The van der Waals surface area contributed by atoms with Crippen LogP contribution in [0.2, 0.25) is 0 Å². The van der Waals surface area contributed by atoms with E-state index in [0.29, 0.717) is 19.6 Å². The molecule has 0 radical (unpaired) electrons. The van der Waals surface area contributed by atoms with E-state index < -0.39 is 6.09 Å². The van der Waals surface area contributed by atoms with Crippen LogP contribution in [0.5, 0.6) is 0 Å². The van der Waals surface area contributed by atoms with Crippen LogP contribution in [-0.4, -0.2) is 35.7 Å². The number of carboxylic acid groups (broad SMARTS) is 1. The van der Waals surface area contributed by atoms with Crippen molar-refractivity contribution >= 4 is 6.09 Å². The van der Waals surface area contributed by atoms with E-state index in [9.17, 15) is 4.79 Å². The summed E-state index contributed by atoms with van der Waals surface area (Å²) in [5.41, 5.74) is 8.21. The smallest absolute Gasteiger partial charge is 0.407 e. The molecule has 0 spiro atoms. The number of carbonyl (C=O) groups is 1. The summed E-state index contributed by atoms with van der Waals surface area (Å²) < 4.78 is 0.